The second-order valence-corrected chi connectivity index (χ2v) is 4.43. The molecule has 0 aromatic carbocycles. The van der Waals surface area contributed by atoms with Crippen molar-refractivity contribution in [2.24, 2.45) is 5.73 Å². The van der Waals surface area contributed by atoms with Gasteiger partial charge in [-0.15, -0.1) is 0 Å². The lowest BCUT2D eigenvalue weighted by Crippen LogP contribution is -2.19. The van der Waals surface area contributed by atoms with E-state index in [1.807, 2.05) is 6.92 Å². The summed E-state index contributed by atoms with van der Waals surface area (Å²) in [5.41, 5.74) is 5.50. The Morgan fingerprint density at radius 1 is 1.28 bits per heavy atom. The van der Waals surface area contributed by atoms with Crippen molar-refractivity contribution in [2.45, 2.75) is 59.0 Å². The van der Waals surface area contributed by atoms with E-state index in [4.69, 9.17) is 10.5 Å². The van der Waals surface area contributed by atoms with Crippen LogP contribution in [0.4, 0.5) is 0 Å². The molecule has 104 valence electrons. The van der Waals surface area contributed by atoms with Crippen molar-refractivity contribution in [3.8, 4) is 0 Å². The molecular formula is C14H25NO3. The molecule has 4 nitrogen and oxygen atoms in total. The first-order chi connectivity index (χ1) is 8.54. The molecule has 0 aliphatic heterocycles. The molecule has 0 fully saturated rings. The van der Waals surface area contributed by atoms with Crippen molar-refractivity contribution in [3.05, 3.63) is 11.6 Å². The minimum atomic E-state index is -0.417. The zero-order valence-electron chi connectivity index (χ0n) is 11.7. The minimum absolute atomic E-state index is 0.0552. The van der Waals surface area contributed by atoms with Gasteiger partial charge in [-0.2, -0.15) is 0 Å². The number of rotatable bonds is 9. The molecule has 0 rings (SSSR count). The normalized spacial score (nSPS) is 13.2. The fourth-order valence-electron chi connectivity index (χ4n) is 1.57. The van der Waals surface area contributed by atoms with Gasteiger partial charge in [0.1, 0.15) is 6.10 Å². The molecule has 0 aromatic heterocycles. The molecule has 0 aliphatic rings. The van der Waals surface area contributed by atoms with Crippen molar-refractivity contribution in [2.75, 3.05) is 6.54 Å². The quantitative estimate of drug-likeness (QED) is 0.390. The van der Waals surface area contributed by atoms with Crippen LogP contribution in [0.25, 0.3) is 0 Å². The second kappa shape index (κ2) is 9.83. The molecule has 18 heavy (non-hydrogen) atoms. The summed E-state index contributed by atoms with van der Waals surface area (Å²) in [5, 5.41) is 0. The van der Waals surface area contributed by atoms with E-state index >= 15 is 0 Å². The van der Waals surface area contributed by atoms with Crippen LogP contribution in [0.3, 0.4) is 0 Å². The number of unbranched alkanes of at least 4 members (excludes halogenated alkanes) is 2. The van der Waals surface area contributed by atoms with Gasteiger partial charge in [0.2, 0.25) is 0 Å². The Bertz CT molecular complexity index is 297. The lowest BCUT2D eigenvalue weighted by atomic mass is 10.1. The van der Waals surface area contributed by atoms with Gasteiger partial charge in [-0.1, -0.05) is 26.7 Å². The summed E-state index contributed by atoms with van der Waals surface area (Å²) in [6, 6.07) is 0. The first-order valence-electron chi connectivity index (χ1n) is 6.67. The average molecular weight is 255 g/mol. The summed E-state index contributed by atoms with van der Waals surface area (Å²) in [4.78, 5) is 22.8. The molecule has 0 saturated carbocycles. The summed E-state index contributed by atoms with van der Waals surface area (Å²) < 4.78 is 5.35. The summed E-state index contributed by atoms with van der Waals surface area (Å²) in [7, 11) is 0. The Balaban J connectivity index is 4.25. The van der Waals surface area contributed by atoms with E-state index < -0.39 is 5.97 Å². The Kier molecular flexibility index (Phi) is 9.19. The third-order valence-electron chi connectivity index (χ3n) is 2.76. The molecular weight excluding hydrogens is 230 g/mol. The number of hydrogen-bond donors (Lipinski definition) is 1. The summed E-state index contributed by atoms with van der Waals surface area (Å²) in [6.45, 7) is 5.62. The van der Waals surface area contributed by atoms with Crippen LogP contribution < -0.4 is 5.73 Å². The Morgan fingerprint density at radius 3 is 2.44 bits per heavy atom. The zero-order chi connectivity index (χ0) is 14.0. The van der Waals surface area contributed by atoms with Crippen LogP contribution >= 0.6 is 0 Å². The van der Waals surface area contributed by atoms with Crippen LogP contribution in [0.2, 0.25) is 0 Å². The van der Waals surface area contributed by atoms with Crippen molar-refractivity contribution < 1.29 is 14.3 Å². The van der Waals surface area contributed by atoms with E-state index in [0.29, 0.717) is 5.57 Å². The van der Waals surface area contributed by atoms with Crippen molar-refractivity contribution >= 4 is 11.8 Å². The van der Waals surface area contributed by atoms with Crippen molar-refractivity contribution in [3.63, 3.8) is 0 Å². The molecule has 0 heterocycles. The Labute approximate surface area is 110 Å². The fourth-order valence-corrected chi connectivity index (χ4v) is 1.57. The summed E-state index contributed by atoms with van der Waals surface area (Å²) in [6.07, 6.45) is 6.23. The van der Waals surface area contributed by atoms with Gasteiger partial charge in [0.15, 0.2) is 5.78 Å². The van der Waals surface area contributed by atoms with Gasteiger partial charge in [0, 0.05) is 5.57 Å². The topological polar surface area (TPSA) is 69.4 Å². The molecule has 2 N–H and O–H groups in total. The van der Waals surface area contributed by atoms with Crippen LogP contribution in [-0.4, -0.2) is 24.4 Å². The zero-order valence-corrected chi connectivity index (χ0v) is 11.7. The maximum atomic E-state index is 11.7. The molecule has 0 aliphatic carbocycles. The standard InChI is InChI=1S/C14H25NO3/c1-4-6-7-8-13(5-2)18-14(17)11(3)9-12(16)10-15/h9,13H,4-8,10,15H2,1-3H3. The van der Waals surface area contributed by atoms with Crippen LogP contribution in [0.15, 0.2) is 11.6 Å². The smallest absolute Gasteiger partial charge is 0.334 e. The first-order valence-corrected chi connectivity index (χ1v) is 6.67. The Morgan fingerprint density at radius 2 is 1.94 bits per heavy atom. The lowest BCUT2D eigenvalue weighted by Gasteiger charge is -2.16. The largest absolute Gasteiger partial charge is 0.459 e. The molecule has 1 unspecified atom stereocenters. The van der Waals surface area contributed by atoms with E-state index in [-0.39, 0.29) is 18.4 Å². The monoisotopic (exact) mass is 255 g/mol. The highest BCUT2D eigenvalue weighted by Gasteiger charge is 2.14. The number of ketones is 1. The molecule has 0 radical (unpaired) electrons. The molecule has 0 spiro atoms. The molecule has 1 atom stereocenters. The van der Waals surface area contributed by atoms with E-state index in [1.54, 1.807) is 6.92 Å². The lowest BCUT2D eigenvalue weighted by molar-refractivity contribution is -0.145. The van der Waals surface area contributed by atoms with E-state index in [2.05, 4.69) is 6.92 Å². The molecule has 0 amide bonds. The minimum Gasteiger partial charge on any atom is -0.459 e. The highest BCUT2D eigenvalue weighted by Crippen LogP contribution is 2.12. The SMILES string of the molecule is CCCCCC(CC)OC(=O)C(C)=CC(=O)CN. The van der Waals surface area contributed by atoms with Crippen LogP contribution in [0.1, 0.15) is 52.9 Å². The highest BCUT2D eigenvalue weighted by molar-refractivity contribution is 5.99. The average Bonchev–Trinajstić information content (AvgIpc) is 2.37. The predicted molar refractivity (Wildman–Crippen MR) is 72.1 cm³/mol. The molecule has 4 heteroatoms. The van der Waals surface area contributed by atoms with Crippen molar-refractivity contribution in [1.29, 1.82) is 0 Å². The molecule has 0 aromatic rings. The maximum absolute atomic E-state index is 11.7. The second-order valence-electron chi connectivity index (χ2n) is 4.43. The van der Waals surface area contributed by atoms with E-state index in [1.165, 1.54) is 6.08 Å². The number of carbonyl (C=O) groups is 2. The van der Waals surface area contributed by atoms with Gasteiger partial charge >= 0.3 is 5.97 Å². The number of carbonyl (C=O) groups excluding carboxylic acids is 2. The maximum Gasteiger partial charge on any atom is 0.334 e. The van der Waals surface area contributed by atoms with E-state index in [0.717, 1.165) is 32.1 Å². The van der Waals surface area contributed by atoms with Gasteiger partial charge < -0.3 is 10.5 Å². The van der Waals surface area contributed by atoms with Gasteiger partial charge in [-0.05, 0) is 32.3 Å². The first kappa shape index (κ1) is 16.8. The highest BCUT2D eigenvalue weighted by atomic mass is 16.5. The van der Waals surface area contributed by atoms with Gasteiger partial charge in [0.05, 0.1) is 6.54 Å². The third-order valence-corrected chi connectivity index (χ3v) is 2.76. The third kappa shape index (κ3) is 7.22. The number of nitrogens with two attached hydrogens (primary N) is 1. The van der Waals surface area contributed by atoms with Crippen LogP contribution in [0, 0.1) is 0 Å². The summed E-state index contributed by atoms with van der Waals surface area (Å²) >= 11 is 0. The fraction of sp³-hybridized carbons (Fsp3) is 0.714. The number of hydrogen-bond acceptors (Lipinski definition) is 4. The molecule has 0 bridgehead atoms. The van der Waals surface area contributed by atoms with E-state index in [9.17, 15) is 9.59 Å². The summed E-state index contributed by atoms with van der Waals surface area (Å²) in [5.74, 6) is -0.677. The van der Waals surface area contributed by atoms with Crippen LogP contribution in [-0.2, 0) is 14.3 Å². The van der Waals surface area contributed by atoms with Crippen LogP contribution in [0.5, 0.6) is 0 Å². The predicted octanol–water partition coefficient (Wildman–Crippen LogP) is 2.36. The van der Waals surface area contributed by atoms with Gasteiger partial charge in [0.25, 0.3) is 0 Å². The molecule has 0 saturated heterocycles. The number of esters is 1. The van der Waals surface area contributed by atoms with Gasteiger partial charge in [-0.3, -0.25) is 4.79 Å². The van der Waals surface area contributed by atoms with Gasteiger partial charge in [-0.25, -0.2) is 4.79 Å². The Hall–Kier alpha value is -1.16. The number of ether oxygens (including phenoxy) is 1. The van der Waals surface area contributed by atoms with Crippen molar-refractivity contribution in [1.82, 2.24) is 0 Å².